The maximum absolute atomic E-state index is 9.25. The first kappa shape index (κ1) is 15.7. The third-order valence-corrected chi connectivity index (χ3v) is 3.80. The van der Waals surface area contributed by atoms with Gasteiger partial charge >= 0.3 is 0 Å². The van der Waals surface area contributed by atoms with Crippen molar-refractivity contribution in [2.75, 3.05) is 13.2 Å². The van der Waals surface area contributed by atoms with Crippen LogP contribution in [0.4, 0.5) is 0 Å². The fraction of sp³-hybridized carbons (Fsp3) is 0.471. The van der Waals surface area contributed by atoms with Crippen LogP contribution in [0.15, 0.2) is 40.9 Å². The second-order valence-electron chi connectivity index (χ2n) is 5.15. The lowest BCUT2D eigenvalue weighted by Crippen LogP contribution is -2.36. The molecule has 1 aromatic heterocycles. The smallest absolute Gasteiger partial charge is 0.209 e. The fourth-order valence-corrected chi connectivity index (χ4v) is 2.62. The normalized spacial score (nSPS) is 11.5. The Labute approximate surface area is 126 Å². The number of aromatic nitrogens is 1. The van der Waals surface area contributed by atoms with Crippen LogP contribution in [-0.4, -0.2) is 34.2 Å². The number of hydrogen-bond acceptors (Lipinski definition) is 4. The molecule has 0 aliphatic rings. The Morgan fingerprint density at radius 1 is 1.19 bits per heavy atom. The highest BCUT2D eigenvalue weighted by atomic mass is 16.4. The van der Waals surface area contributed by atoms with Crippen LogP contribution in [0.25, 0.3) is 11.3 Å². The van der Waals surface area contributed by atoms with E-state index in [1.54, 1.807) is 6.20 Å². The van der Waals surface area contributed by atoms with E-state index < -0.39 is 0 Å². The van der Waals surface area contributed by atoms with E-state index >= 15 is 0 Å². The molecular formula is C17H24N2O2. The average Bonchev–Trinajstić information content (AvgIpc) is 2.98. The number of oxazole rings is 1. The zero-order valence-electron chi connectivity index (χ0n) is 12.8. The Hall–Kier alpha value is -1.65. The standard InChI is InChI=1S/C17H24N2O2/c1-3-15(4-2)19(10-11-20)13-17-18-12-16(21-17)14-8-6-5-7-9-14/h5-9,12,15,20H,3-4,10-11,13H2,1-2H3. The summed E-state index contributed by atoms with van der Waals surface area (Å²) in [6, 6.07) is 10.4. The quantitative estimate of drug-likeness (QED) is 0.809. The summed E-state index contributed by atoms with van der Waals surface area (Å²) in [5.74, 6) is 1.49. The highest BCUT2D eigenvalue weighted by Gasteiger charge is 2.17. The summed E-state index contributed by atoms with van der Waals surface area (Å²) in [6.07, 6.45) is 3.89. The van der Waals surface area contributed by atoms with E-state index in [1.165, 1.54) is 0 Å². The second-order valence-corrected chi connectivity index (χ2v) is 5.15. The molecule has 21 heavy (non-hydrogen) atoms. The number of benzene rings is 1. The zero-order chi connectivity index (χ0) is 15.1. The molecule has 0 bridgehead atoms. The second kappa shape index (κ2) is 7.96. The van der Waals surface area contributed by atoms with Gasteiger partial charge in [-0.1, -0.05) is 44.2 Å². The lowest BCUT2D eigenvalue weighted by atomic mass is 10.1. The van der Waals surface area contributed by atoms with Crippen LogP contribution in [0, 0.1) is 0 Å². The Morgan fingerprint density at radius 2 is 1.90 bits per heavy atom. The van der Waals surface area contributed by atoms with E-state index in [9.17, 15) is 5.11 Å². The first-order chi connectivity index (χ1) is 10.3. The van der Waals surface area contributed by atoms with Gasteiger partial charge in [-0.05, 0) is 12.8 Å². The van der Waals surface area contributed by atoms with Crippen molar-refractivity contribution in [1.29, 1.82) is 0 Å². The number of nitrogens with zero attached hydrogens (tertiary/aromatic N) is 2. The van der Waals surface area contributed by atoms with Crippen molar-refractivity contribution in [2.45, 2.75) is 39.3 Å². The third kappa shape index (κ3) is 4.16. The molecule has 114 valence electrons. The molecule has 0 atom stereocenters. The zero-order valence-corrected chi connectivity index (χ0v) is 12.8. The summed E-state index contributed by atoms with van der Waals surface area (Å²) in [5, 5.41) is 9.25. The average molecular weight is 288 g/mol. The molecule has 4 nitrogen and oxygen atoms in total. The highest BCUT2D eigenvalue weighted by molar-refractivity contribution is 5.55. The van der Waals surface area contributed by atoms with Crippen molar-refractivity contribution >= 4 is 0 Å². The molecule has 0 saturated carbocycles. The number of aliphatic hydroxyl groups excluding tert-OH is 1. The molecule has 0 unspecified atom stereocenters. The summed E-state index contributed by atoms with van der Waals surface area (Å²) in [5.41, 5.74) is 1.03. The molecule has 4 heteroatoms. The molecule has 0 spiro atoms. The van der Waals surface area contributed by atoms with E-state index in [-0.39, 0.29) is 6.61 Å². The first-order valence-electron chi connectivity index (χ1n) is 7.63. The molecule has 2 rings (SSSR count). The summed E-state index contributed by atoms with van der Waals surface area (Å²) >= 11 is 0. The van der Waals surface area contributed by atoms with Crippen molar-refractivity contribution in [3.05, 3.63) is 42.4 Å². The van der Waals surface area contributed by atoms with Gasteiger partial charge in [0.1, 0.15) is 0 Å². The summed E-state index contributed by atoms with van der Waals surface area (Å²) in [4.78, 5) is 6.61. The molecule has 0 saturated heterocycles. The van der Waals surface area contributed by atoms with Crippen molar-refractivity contribution in [1.82, 2.24) is 9.88 Å². The minimum Gasteiger partial charge on any atom is -0.439 e. The van der Waals surface area contributed by atoms with Gasteiger partial charge in [-0.15, -0.1) is 0 Å². The fourth-order valence-electron chi connectivity index (χ4n) is 2.62. The van der Waals surface area contributed by atoms with E-state index in [1.807, 2.05) is 30.3 Å². The summed E-state index contributed by atoms with van der Waals surface area (Å²) in [6.45, 7) is 5.78. The first-order valence-corrected chi connectivity index (χ1v) is 7.63. The topological polar surface area (TPSA) is 49.5 Å². The predicted molar refractivity (Wildman–Crippen MR) is 83.8 cm³/mol. The third-order valence-electron chi connectivity index (χ3n) is 3.80. The lowest BCUT2D eigenvalue weighted by molar-refractivity contribution is 0.126. The monoisotopic (exact) mass is 288 g/mol. The Bertz CT molecular complexity index is 521. The lowest BCUT2D eigenvalue weighted by Gasteiger charge is -2.28. The molecule has 0 amide bonds. The molecule has 2 aromatic rings. The van der Waals surface area contributed by atoms with Gasteiger partial charge in [0, 0.05) is 18.2 Å². The number of rotatable bonds is 8. The SMILES string of the molecule is CCC(CC)N(CCO)Cc1ncc(-c2ccccc2)o1. The molecule has 0 radical (unpaired) electrons. The molecule has 0 fully saturated rings. The Kier molecular flexibility index (Phi) is 5.96. The van der Waals surface area contributed by atoms with Crippen LogP contribution < -0.4 is 0 Å². The van der Waals surface area contributed by atoms with Gasteiger partial charge in [0.05, 0.1) is 19.3 Å². The highest BCUT2D eigenvalue weighted by Crippen LogP contribution is 2.21. The van der Waals surface area contributed by atoms with Crippen molar-refractivity contribution < 1.29 is 9.52 Å². The van der Waals surface area contributed by atoms with Crippen molar-refractivity contribution in [3.8, 4) is 11.3 Å². The summed E-state index contributed by atoms with van der Waals surface area (Å²) in [7, 11) is 0. The van der Waals surface area contributed by atoms with Crippen LogP contribution in [0.3, 0.4) is 0 Å². The van der Waals surface area contributed by atoms with Gasteiger partial charge < -0.3 is 9.52 Å². The van der Waals surface area contributed by atoms with Crippen LogP contribution in [0.2, 0.25) is 0 Å². The van der Waals surface area contributed by atoms with E-state index in [0.717, 1.165) is 24.2 Å². The maximum Gasteiger partial charge on any atom is 0.209 e. The minimum atomic E-state index is 0.156. The van der Waals surface area contributed by atoms with Gasteiger partial charge in [0.2, 0.25) is 5.89 Å². The van der Waals surface area contributed by atoms with Crippen LogP contribution in [0.5, 0.6) is 0 Å². The molecule has 0 aliphatic heterocycles. The molecule has 1 aromatic carbocycles. The van der Waals surface area contributed by atoms with Gasteiger partial charge in [-0.2, -0.15) is 0 Å². The van der Waals surface area contributed by atoms with Gasteiger partial charge in [0.25, 0.3) is 0 Å². The van der Waals surface area contributed by atoms with Crippen molar-refractivity contribution in [3.63, 3.8) is 0 Å². The predicted octanol–water partition coefficient (Wildman–Crippen LogP) is 3.32. The molecular weight excluding hydrogens is 264 g/mol. The Balaban J connectivity index is 2.09. The largest absolute Gasteiger partial charge is 0.439 e. The van der Waals surface area contributed by atoms with Gasteiger partial charge in [0.15, 0.2) is 5.76 Å². The van der Waals surface area contributed by atoms with Gasteiger partial charge in [-0.3, -0.25) is 4.90 Å². The van der Waals surface area contributed by atoms with Crippen LogP contribution >= 0.6 is 0 Å². The van der Waals surface area contributed by atoms with E-state index in [4.69, 9.17) is 4.42 Å². The summed E-state index contributed by atoms with van der Waals surface area (Å²) < 4.78 is 5.85. The maximum atomic E-state index is 9.25. The molecule has 1 N–H and O–H groups in total. The van der Waals surface area contributed by atoms with Crippen LogP contribution in [-0.2, 0) is 6.54 Å². The van der Waals surface area contributed by atoms with E-state index in [0.29, 0.717) is 25.0 Å². The Morgan fingerprint density at radius 3 is 2.52 bits per heavy atom. The van der Waals surface area contributed by atoms with E-state index in [2.05, 4.69) is 23.7 Å². The molecule has 1 heterocycles. The van der Waals surface area contributed by atoms with Gasteiger partial charge in [-0.25, -0.2) is 4.98 Å². The minimum absolute atomic E-state index is 0.156. The number of aliphatic hydroxyl groups is 1. The van der Waals surface area contributed by atoms with Crippen molar-refractivity contribution in [2.24, 2.45) is 0 Å². The number of hydrogen-bond donors (Lipinski definition) is 1. The molecule has 0 aliphatic carbocycles. The van der Waals surface area contributed by atoms with Crippen LogP contribution in [0.1, 0.15) is 32.6 Å².